The molecule has 5 nitrogen and oxygen atoms in total. The number of aromatic nitrogens is 2. The van der Waals surface area contributed by atoms with Crippen molar-refractivity contribution in [3.8, 4) is 0 Å². The van der Waals surface area contributed by atoms with E-state index in [1.807, 2.05) is 0 Å². The summed E-state index contributed by atoms with van der Waals surface area (Å²) in [7, 11) is 0. The van der Waals surface area contributed by atoms with E-state index in [1.165, 1.54) is 19.3 Å². The van der Waals surface area contributed by atoms with Crippen LogP contribution in [0.2, 0.25) is 10.0 Å². The van der Waals surface area contributed by atoms with Crippen molar-refractivity contribution in [3.63, 3.8) is 0 Å². The van der Waals surface area contributed by atoms with Crippen molar-refractivity contribution in [2.45, 2.75) is 63.7 Å². The summed E-state index contributed by atoms with van der Waals surface area (Å²) in [5.74, 6) is 0.0886. The highest BCUT2D eigenvalue weighted by Gasteiger charge is 2.73. The normalized spacial score (nSPS) is 29.3. The summed E-state index contributed by atoms with van der Waals surface area (Å²) in [6.45, 7) is 10.5. The monoisotopic (exact) mass is 460 g/mol. The molecule has 1 saturated carbocycles. The van der Waals surface area contributed by atoms with Gasteiger partial charge in [-0.25, -0.2) is 9.97 Å². The standard InChI is InChI=1S/C24H30Cl2N4O/c1-22(2)23(3)7-8-24(22,21(31)27-9-12-30-10-5-4-6-11-30)20-19(23)28-17-13-15(25)16(26)14-18(17)29-20/h13-14H,4-12H2,1-3H3,(H,27,31). The Labute approximate surface area is 193 Å². The molecule has 0 spiro atoms. The van der Waals surface area contributed by atoms with Gasteiger partial charge in [-0.15, -0.1) is 0 Å². The van der Waals surface area contributed by atoms with Gasteiger partial charge in [0.2, 0.25) is 5.91 Å². The minimum atomic E-state index is -0.674. The maximum absolute atomic E-state index is 13.8. The number of rotatable bonds is 4. The Hall–Kier alpha value is -1.43. The van der Waals surface area contributed by atoms with Gasteiger partial charge >= 0.3 is 0 Å². The molecule has 1 aromatic carbocycles. The molecule has 2 atom stereocenters. The first-order chi connectivity index (χ1) is 14.7. The van der Waals surface area contributed by atoms with Gasteiger partial charge in [0.1, 0.15) is 0 Å². The molecule has 2 aromatic rings. The highest BCUT2D eigenvalue weighted by atomic mass is 35.5. The van der Waals surface area contributed by atoms with Crippen LogP contribution in [-0.4, -0.2) is 47.0 Å². The van der Waals surface area contributed by atoms with Crippen molar-refractivity contribution in [1.29, 1.82) is 0 Å². The number of amides is 1. The zero-order chi connectivity index (χ0) is 22.0. The fourth-order valence-corrected chi connectivity index (χ4v) is 6.58. The Balaban J connectivity index is 1.51. The molecule has 5 rings (SSSR count). The first kappa shape index (κ1) is 21.4. The fourth-order valence-electron chi connectivity index (χ4n) is 6.26. The number of carbonyl (C=O) groups is 1. The first-order valence-corrected chi connectivity index (χ1v) is 12.1. The van der Waals surface area contributed by atoms with Gasteiger partial charge in [0.15, 0.2) is 0 Å². The Morgan fingerprint density at radius 3 is 2.26 bits per heavy atom. The Morgan fingerprint density at radius 1 is 1.00 bits per heavy atom. The van der Waals surface area contributed by atoms with Gasteiger partial charge < -0.3 is 10.2 Å². The second kappa shape index (κ2) is 7.29. The van der Waals surface area contributed by atoms with E-state index >= 15 is 0 Å². The van der Waals surface area contributed by atoms with Crippen LogP contribution in [0, 0.1) is 5.41 Å². The molecule has 2 fully saturated rings. The quantitative estimate of drug-likeness (QED) is 0.706. The predicted molar refractivity (Wildman–Crippen MR) is 125 cm³/mol. The summed E-state index contributed by atoms with van der Waals surface area (Å²) in [6, 6.07) is 3.54. The van der Waals surface area contributed by atoms with Crippen molar-refractivity contribution < 1.29 is 4.79 Å². The lowest BCUT2D eigenvalue weighted by Gasteiger charge is -2.39. The lowest BCUT2D eigenvalue weighted by atomic mass is 9.63. The zero-order valence-corrected chi connectivity index (χ0v) is 20.0. The maximum Gasteiger partial charge on any atom is 0.232 e. The molecule has 1 saturated heterocycles. The van der Waals surface area contributed by atoms with Crippen molar-refractivity contribution in [2.24, 2.45) is 5.41 Å². The van der Waals surface area contributed by atoms with Crippen LogP contribution in [-0.2, 0) is 15.6 Å². The third kappa shape index (κ3) is 2.89. The number of hydrogen-bond acceptors (Lipinski definition) is 4. The van der Waals surface area contributed by atoms with Crippen molar-refractivity contribution in [3.05, 3.63) is 33.6 Å². The lowest BCUT2D eigenvalue weighted by Crippen LogP contribution is -2.52. The molecular weight excluding hydrogens is 431 g/mol. The number of hydrogen-bond donors (Lipinski definition) is 1. The highest BCUT2D eigenvalue weighted by molar-refractivity contribution is 6.42. The summed E-state index contributed by atoms with van der Waals surface area (Å²) in [4.78, 5) is 26.2. The van der Waals surface area contributed by atoms with Crippen molar-refractivity contribution >= 4 is 40.1 Å². The number of halogens is 2. The number of benzene rings is 1. The van der Waals surface area contributed by atoms with Gasteiger partial charge in [-0.05, 0) is 56.3 Å². The molecule has 0 radical (unpaired) electrons. The van der Waals surface area contributed by atoms with Gasteiger partial charge in [-0.1, -0.05) is 50.4 Å². The summed E-state index contributed by atoms with van der Waals surface area (Å²) in [5, 5.41) is 4.21. The van der Waals surface area contributed by atoms with Gasteiger partial charge in [0.25, 0.3) is 0 Å². The topological polar surface area (TPSA) is 58.1 Å². The second-order valence-electron chi connectivity index (χ2n) is 10.2. The smallest absolute Gasteiger partial charge is 0.232 e. The average molecular weight is 461 g/mol. The first-order valence-electron chi connectivity index (χ1n) is 11.4. The molecule has 2 bridgehead atoms. The van der Waals surface area contributed by atoms with Gasteiger partial charge in [0, 0.05) is 18.5 Å². The van der Waals surface area contributed by atoms with Crippen LogP contribution in [0.15, 0.2) is 12.1 Å². The van der Waals surface area contributed by atoms with Crippen molar-refractivity contribution in [2.75, 3.05) is 26.2 Å². The van der Waals surface area contributed by atoms with E-state index in [0.717, 1.165) is 49.4 Å². The van der Waals surface area contributed by atoms with E-state index in [-0.39, 0.29) is 16.7 Å². The Kier molecular flexibility index (Phi) is 5.04. The molecule has 1 aliphatic heterocycles. The van der Waals surface area contributed by atoms with Crippen LogP contribution in [0.4, 0.5) is 0 Å². The molecule has 1 amide bonds. The predicted octanol–water partition coefficient (Wildman–Crippen LogP) is 4.87. The SMILES string of the molecule is CC12CCC(C(=O)NCCN3CCCCC3)(c3nc4cc(Cl)c(Cl)cc4nc31)C2(C)C. The molecular formula is C24H30Cl2N4O. The van der Waals surface area contributed by atoms with Gasteiger partial charge in [0.05, 0.1) is 37.9 Å². The molecule has 7 heteroatoms. The third-order valence-corrected chi connectivity index (χ3v) is 9.35. The number of likely N-dealkylation sites (tertiary alicyclic amines) is 1. The molecule has 1 N–H and O–H groups in total. The molecule has 1 aromatic heterocycles. The van der Waals surface area contributed by atoms with E-state index in [0.29, 0.717) is 22.1 Å². The summed E-state index contributed by atoms with van der Waals surface area (Å²) < 4.78 is 0. The number of fused-ring (bicyclic) bond motifs is 6. The summed E-state index contributed by atoms with van der Waals surface area (Å²) >= 11 is 12.5. The second-order valence-corrected chi connectivity index (χ2v) is 11.0. The fraction of sp³-hybridized carbons (Fsp3) is 0.625. The number of piperidine rings is 1. The van der Waals surface area contributed by atoms with Crippen LogP contribution < -0.4 is 5.32 Å². The number of carbonyl (C=O) groups excluding carboxylic acids is 1. The molecule has 2 aliphatic carbocycles. The lowest BCUT2D eigenvalue weighted by molar-refractivity contribution is -0.130. The summed E-state index contributed by atoms with van der Waals surface area (Å²) in [5.41, 5.74) is 2.03. The van der Waals surface area contributed by atoms with Crippen molar-refractivity contribution in [1.82, 2.24) is 20.2 Å². The van der Waals surface area contributed by atoms with Gasteiger partial charge in [-0.2, -0.15) is 0 Å². The van der Waals surface area contributed by atoms with Gasteiger partial charge in [-0.3, -0.25) is 4.79 Å². The van der Waals surface area contributed by atoms with E-state index in [4.69, 9.17) is 33.2 Å². The Bertz CT molecular complexity index is 1070. The molecule has 2 unspecified atom stereocenters. The highest BCUT2D eigenvalue weighted by Crippen LogP contribution is 2.70. The zero-order valence-electron chi connectivity index (χ0n) is 18.5. The van der Waals surface area contributed by atoms with Crippen LogP contribution in [0.5, 0.6) is 0 Å². The van der Waals surface area contributed by atoms with E-state index in [9.17, 15) is 4.79 Å². The minimum absolute atomic E-state index is 0.0886. The minimum Gasteiger partial charge on any atom is -0.354 e. The molecule has 2 heterocycles. The Morgan fingerprint density at radius 2 is 1.61 bits per heavy atom. The molecule has 3 aliphatic rings. The third-order valence-electron chi connectivity index (χ3n) is 8.63. The van der Waals surface area contributed by atoms with Crippen LogP contribution in [0.25, 0.3) is 11.0 Å². The van der Waals surface area contributed by atoms with Crippen LogP contribution in [0.3, 0.4) is 0 Å². The maximum atomic E-state index is 13.8. The van der Waals surface area contributed by atoms with E-state index < -0.39 is 5.41 Å². The largest absolute Gasteiger partial charge is 0.354 e. The van der Waals surface area contributed by atoms with E-state index in [1.54, 1.807) is 12.1 Å². The van der Waals surface area contributed by atoms with Crippen LogP contribution >= 0.6 is 23.2 Å². The van der Waals surface area contributed by atoms with Crippen LogP contribution in [0.1, 0.15) is 64.3 Å². The number of nitrogens with one attached hydrogen (secondary N) is 1. The number of nitrogens with zero attached hydrogens (tertiary/aromatic N) is 3. The summed E-state index contributed by atoms with van der Waals surface area (Å²) in [6.07, 6.45) is 5.55. The molecule has 166 valence electrons. The molecule has 31 heavy (non-hydrogen) atoms. The average Bonchev–Trinajstić information content (AvgIpc) is 3.03. The van der Waals surface area contributed by atoms with E-state index in [2.05, 4.69) is 31.0 Å².